The van der Waals surface area contributed by atoms with E-state index in [0.717, 1.165) is 5.56 Å². The van der Waals surface area contributed by atoms with Crippen LogP contribution in [0.1, 0.15) is 18.5 Å². The van der Waals surface area contributed by atoms with E-state index in [-0.39, 0.29) is 11.9 Å². The Bertz CT molecular complexity index is 337. The summed E-state index contributed by atoms with van der Waals surface area (Å²) in [7, 11) is 0. The average Bonchev–Trinajstić information content (AvgIpc) is 2.26. The lowest BCUT2D eigenvalue weighted by Gasteiger charge is -2.13. The van der Waals surface area contributed by atoms with Gasteiger partial charge in [0.25, 0.3) is 0 Å². The van der Waals surface area contributed by atoms with Gasteiger partial charge in [0.1, 0.15) is 0 Å². The third-order valence-corrected chi connectivity index (χ3v) is 2.34. The first-order valence-electron chi connectivity index (χ1n) is 4.58. The molecule has 0 saturated carbocycles. The molecule has 5 heteroatoms. The van der Waals surface area contributed by atoms with Gasteiger partial charge in [-0.05, 0) is 24.6 Å². The van der Waals surface area contributed by atoms with E-state index in [1.54, 1.807) is 0 Å². The van der Waals surface area contributed by atoms with Crippen molar-refractivity contribution in [2.45, 2.75) is 13.0 Å². The van der Waals surface area contributed by atoms with Crippen LogP contribution in [0.4, 0.5) is 0 Å². The fourth-order valence-electron chi connectivity index (χ4n) is 1.16. The number of halogens is 1. The van der Waals surface area contributed by atoms with Crippen LogP contribution >= 0.6 is 11.6 Å². The van der Waals surface area contributed by atoms with Gasteiger partial charge in [-0.2, -0.15) is 0 Å². The van der Waals surface area contributed by atoms with E-state index in [1.807, 2.05) is 31.2 Å². The molecule has 15 heavy (non-hydrogen) atoms. The zero-order chi connectivity index (χ0) is 11.3. The van der Waals surface area contributed by atoms with Crippen LogP contribution in [-0.2, 0) is 0 Å². The van der Waals surface area contributed by atoms with Crippen LogP contribution in [0, 0.1) is 0 Å². The minimum absolute atomic E-state index is 0.127. The monoisotopic (exact) mass is 227 g/mol. The Morgan fingerprint density at radius 3 is 2.67 bits per heavy atom. The number of amidine groups is 1. The number of benzene rings is 1. The van der Waals surface area contributed by atoms with Crippen LogP contribution in [0.25, 0.3) is 0 Å². The first-order valence-corrected chi connectivity index (χ1v) is 4.96. The molecule has 82 valence electrons. The van der Waals surface area contributed by atoms with Crippen molar-refractivity contribution in [2.75, 3.05) is 6.54 Å². The Hall–Kier alpha value is -1.26. The van der Waals surface area contributed by atoms with Gasteiger partial charge in [-0.15, -0.1) is 0 Å². The lowest BCUT2D eigenvalue weighted by molar-refractivity contribution is 0.316. The Balaban J connectivity index is 2.53. The molecule has 0 aliphatic carbocycles. The van der Waals surface area contributed by atoms with Gasteiger partial charge in [0.15, 0.2) is 5.84 Å². The van der Waals surface area contributed by atoms with Crippen molar-refractivity contribution in [3.05, 3.63) is 34.9 Å². The maximum atomic E-state index is 8.36. The highest BCUT2D eigenvalue weighted by atomic mass is 35.5. The smallest absolute Gasteiger partial charge is 0.153 e. The topological polar surface area (TPSA) is 70.6 Å². The Morgan fingerprint density at radius 1 is 1.53 bits per heavy atom. The van der Waals surface area contributed by atoms with Crippen LogP contribution in [0.3, 0.4) is 0 Å². The molecule has 0 aliphatic heterocycles. The number of nitrogens with two attached hydrogens (primary N) is 1. The molecule has 4 nitrogen and oxygen atoms in total. The molecule has 0 radical (unpaired) electrons. The molecule has 0 amide bonds. The second-order valence-electron chi connectivity index (χ2n) is 3.25. The molecule has 1 atom stereocenters. The van der Waals surface area contributed by atoms with Crippen molar-refractivity contribution in [3.63, 3.8) is 0 Å². The first kappa shape index (κ1) is 11.8. The molecule has 1 aromatic carbocycles. The molecule has 0 aromatic heterocycles. The average molecular weight is 228 g/mol. The van der Waals surface area contributed by atoms with E-state index in [4.69, 9.17) is 22.5 Å². The Morgan fingerprint density at radius 2 is 2.13 bits per heavy atom. The van der Waals surface area contributed by atoms with E-state index < -0.39 is 0 Å². The lowest BCUT2D eigenvalue weighted by Crippen LogP contribution is -2.30. The molecular weight excluding hydrogens is 214 g/mol. The number of rotatable bonds is 4. The molecular formula is C10H14ClN3O. The quantitative estimate of drug-likeness (QED) is 0.318. The number of hydrogen-bond acceptors (Lipinski definition) is 3. The zero-order valence-electron chi connectivity index (χ0n) is 8.44. The highest BCUT2D eigenvalue weighted by molar-refractivity contribution is 6.30. The van der Waals surface area contributed by atoms with E-state index in [0.29, 0.717) is 11.6 Å². The second kappa shape index (κ2) is 5.58. The summed E-state index contributed by atoms with van der Waals surface area (Å²) in [5.74, 6) is 0.163. The minimum atomic E-state index is 0.127. The summed E-state index contributed by atoms with van der Waals surface area (Å²) in [5, 5.41) is 15.1. The van der Waals surface area contributed by atoms with Crippen LogP contribution in [0.15, 0.2) is 29.4 Å². The van der Waals surface area contributed by atoms with Crippen molar-refractivity contribution < 1.29 is 5.21 Å². The van der Waals surface area contributed by atoms with E-state index in [2.05, 4.69) is 10.5 Å². The summed E-state index contributed by atoms with van der Waals surface area (Å²) < 4.78 is 0. The van der Waals surface area contributed by atoms with Gasteiger partial charge >= 0.3 is 0 Å². The highest BCUT2D eigenvalue weighted by Gasteiger charge is 2.04. The van der Waals surface area contributed by atoms with E-state index >= 15 is 0 Å². The SMILES string of the molecule is C[C@@H](NC/C(N)=N/O)c1ccc(Cl)cc1. The molecule has 1 rings (SSSR count). The van der Waals surface area contributed by atoms with Crippen molar-refractivity contribution in [1.82, 2.24) is 5.32 Å². The van der Waals surface area contributed by atoms with E-state index in [9.17, 15) is 0 Å². The van der Waals surface area contributed by atoms with Gasteiger partial charge in [0, 0.05) is 11.1 Å². The van der Waals surface area contributed by atoms with Crippen molar-refractivity contribution in [3.8, 4) is 0 Å². The van der Waals surface area contributed by atoms with Crippen molar-refractivity contribution in [2.24, 2.45) is 10.9 Å². The third-order valence-electron chi connectivity index (χ3n) is 2.09. The normalized spacial score (nSPS) is 13.9. The summed E-state index contributed by atoms with van der Waals surface area (Å²) in [4.78, 5) is 0. The van der Waals surface area contributed by atoms with Crippen LogP contribution in [0.5, 0.6) is 0 Å². The van der Waals surface area contributed by atoms with Crippen LogP contribution < -0.4 is 11.1 Å². The molecule has 0 saturated heterocycles. The number of hydrogen-bond donors (Lipinski definition) is 3. The standard InChI is InChI=1S/C10H14ClN3O/c1-7(13-6-10(12)14-15)8-2-4-9(11)5-3-8/h2-5,7,13,15H,6H2,1H3,(H2,12,14)/t7-/m1/s1. The maximum absolute atomic E-state index is 8.36. The molecule has 0 aliphatic rings. The van der Waals surface area contributed by atoms with Crippen molar-refractivity contribution in [1.29, 1.82) is 0 Å². The van der Waals surface area contributed by atoms with Gasteiger partial charge in [-0.1, -0.05) is 28.9 Å². The lowest BCUT2D eigenvalue weighted by atomic mass is 10.1. The van der Waals surface area contributed by atoms with Gasteiger partial charge in [-0.25, -0.2) is 0 Å². The fraction of sp³-hybridized carbons (Fsp3) is 0.300. The second-order valence-corrected chi connectivity index (χ2v) is 3.68. The third kappa shape index (κ3) is 3.77. The Labute approximate surface area is 93.7 Å². The number of nitrogens with zero attached hydrogens (tertiary/aromatic N) is 1. The molecule has 0 unspecified atom stereocenters. The van der Waals surface area contributed by atoms with Crippen molar-refractivity contribution >= 4 is 17.4 Å². The highest BCUT2D eigenvalue weighted by Crippen LogP contribution is 2.15. The van der Waals surface area contributed by atoms with Gasteiger partial charge < -0.3 is 16.3 Å². The maximum Gasteiger partial charge on any atom is 0.153 e. The minimum Gasteiger partial charge on any atom is -0.409 e. The van der Waals surface area contributed by atoms with Crippen LogP contribution in [-0.4, -0.2) is 17.6 Å². The number of oxime groups is 1. The van der Waals surface area contributed by atoms with Gasteiger partial charge in [0.2, 0.25) is 0 Å². The summed E-state index contributed by atoms with van der Waals surface area (Å²) in [5.41, 5.74) is 6.44. The largest absolute Gasteiger partial charge is 0.409 e. The predicted octanol–water partition coefficient (Wildman–Crippen LogP) is 1.74. The number of nitrogens with one attached hydrogen (secondary N) is 1. The zero-order valence-corrected chi connectivity index (χ0v) is 9.20. The van der Waals surface area contributed by atoms with Gasteiger partial charge in [0.05, 0.1) is 6.54 Å². The summed E-state index contributed by atoms with van der Waals surface area (Å²) in [6.07, 6.45) is 0. The molecule has 0 fully saturated rings. The predicted molar refractivity (Wildman–Crippen MR) is 61.3 cm³/mol. The van der Waals surface area contributed by atoms with Gasteiger partial charge in [-0.3, -0.25) is 0 Å². The first-order chi connectivity index (χ1) is 7.13. The molecule has 4 N–H and O–H groups in total. The molecule has 1 aromatic rings. The summed E-state index contributed by atoms with van der Waals surface area (Å²) >= 11 is 5.77. The van der Waals surface area contributed by atoms with Crippen LogP contribution in [0.2, 0.25) is 5.02 Å². The summed E-state index contributed by atoms with van der Waals surface area (Å²) in [6, 6.07) is 7.66. The molecule has 0 spiro atoms. The fourth-order valence-corrected chi connectivity index (χ4v) is 1.29. The Kier molecular flexibility index (Phi) is 4.39. The molecule has 0 bridgehead atoms. The molecule has 0 heterocycles. The summed E-state index contributed by atoms with van der Waals surface area (Å²) in [6.45, 7) is 2.34. The van der Waals surface area contributed by atoms with E-state index in [1.165, 1.54) is 0 Å².